The maximum Gasteiger partial charge on any atom is 0.243 e. The first kappa shape index (κ1) is 19.7. The van der Waals surface area contributed by atoms with Crippen molar-refractivity contribution in [3.8, 4) is 11.5 Å². The van der Waals surface area contributed by atoms with Gasteiger partial charge in [0, 0.05) is 31.3 Å². The Balaban J connectivity index is 1.41. The van der Waals surface area contributed by atoms with Gasteiger partial charge < -0.3 is 14.8 Å². The fraction of sp³-hybridized carbons (Fsp3) is 0.400. The number of fused-ring (bicyclic) bond motifs is 1. The number of aromatic nitrogens is 1. The molecule has 2 aliphatic heterocycles. The highest BCUT2D eigenvalue weighted by Crippen LogP contribution is 2.34. The van der Waals surface area contributed by atoms with Crippen molar-refractivity contribution in [3.63, 3.8) is 0 Å². The van der Waals surface area contributed by atoms with Crippen LogP contribution < -0.4 is 14.8 Å². The first-order valence-electron chi connectivity index (χ1n) is 9.57. The molecule has 1 aromatic carbocycles. The van der Waals surface area contributed by atoms with Gasteiger partial charge in [0.05, 0.1) is 4.90 Å². The molecule has 0 atom stereocenters. The molecule has 2 aliphatic rings. The predicted octanol–water partition coefficient (Wildman–Crippen LogP) is 2.20. The number of hydrogen-bond acceptors (Lipinski definition) is 6. The molecular weight excluding hydrogens is 394 g/mol. The zero-order chi connectivity index (χ0) is 20.4. The van der Waals surface area contributed by atoms with Gasteiger partial charge in [-0.3, -0.25) is 4.79 Å². The molecule has 0 radical (unpaired) electrons. The summed E-state index contributed by atoms with van der Waals surface area (Å²) in [5.74, 6) is 1.17. The molecule has 154 valence electrons. The normalized spacial score (nSPS) is 17.7. The second kappa shape index (κ2) is 8.00. The number of carbonyl (C=O) groups is 1. The van der Waals surface area contributed by atoms with E-state index in [2.05, 4.69) is 10.3 Å². The number of anilines is 1. The summed E-state index contributed by atoms with van der Waals surface area (Å²) in [6.45, 7) is 3.30. The molecular formula is C20H23N3O5S. The van der Waals surface area contributed by atoms with Crippen LogP contribution in [0.5, 0.6) is 11.5 Å². The first-order valence-corrected chi connectivity index (χ1v) is 11.0. The lowest BCUT2D eigenvalue weighted by Gasteiger charge is -2.30. The number of rotatable bonds is 4. The predicted molar refractivity (Wildman–Crippen MR) is 107 cm³/mol. The van der Waals surface area contributed by atoms with Crippen LogP contribution in [-0.2, 0) is 14.8 Å². The molecule has 4 rings (SSSR count). The van der Waals surface area contributed by atoms with Crippen molar-refractivity contribution in [1.82, 2.24) is 9.29 Å². The Kier molecular flexibility index (Phi) is 5.42. The van der Waals surface area contributed by atoms with Gasteiger partial charge in [0.25, 0.3) is 0 Å². The summed E-state index contributed by atoms with van der Waals surface area (Å²) in [5.41, 5.74) is 0.888. The smallest absolute Gasteiger partial charge is 0.243 e. The summed E-state index contributed by atoms with van der Waals surface area (Å²) in [6.07, 6.45) is 2.55. The average Bonchev–Trinajstić information content (AvgIpc) is 2.75. The highest BCUT2D eigenvalue weighted by atomic mass is 32.2. The summed E-state index contributed by atoms with van der Waals surface area (Å²) in [7, 11) is -3.66. The van der Waals surface area contributed by atoms with E-state index in [1.165, 1.54) is 16.4 Å². The number of pyridine rings is 1. The molecule has 2 aromatic rings. The number of ether oxygens (including phenoxy) is 2. The maximum atomic E-state index is 13.0. The van der Waals surface area contributed by atoms with E-state index in [-0.39, 0.29) is 29.8 Å². The number of carbonyl (C=O) groups excluding carboxylic acids is 1. The number of nitrogens with one attached hydrogen (secondary N) is 1. The average molecular weight is 417 g/mol. The molecule has 1 saturated heterocycles. The highest BCUT2D eigenvalue weighted by molar-refractivity contribution is 7.89. The molecule has 0 saturated carbocycles. The highest BCUT2D eigenvalue weighted by Gasteiger charge is 2.33. The Morgan fingerprint density at radius 3 is 2.59 bits per heavy atom. The molecule has 1 fully saturated rings. The van der Waals surface area contributed by atoms with Crippen molar-refractivity contribution < 1.29 is 22.7 Å². The van der Waals surface area contributed by atoms with Crippen LogP contribution in [0.1, 0.15) is 18.4 Å². The Morgan fingerprint density at radius 2 is 1.86 bits per heavy atom. The van der Waals surface area contributed by atoms with E-state index in [4.69, 9.17) is 9.47 Å². The summed E-state index contributed by atoms with van der Waals surface area (Å²) in [6, 6.07) is 8.35. The van der Waals surface area contributed by atoms with Crippen LogP contribution >= 0.6 is 0 Å². The molecule has 0 aliphatic carbocycles. The van der Waals surface area contributed by atoms with Gasteiger partial charge in [-0.15, -0.1) is 0 Å². The van der Waals surface area contributed by atoms with Crippen molar-refractivity contribution in [3.05, 3.63) is 42.1 Å². The Bertz CT molecular complexity index is 1020. The van der Waals surface area contributed by atoms with E-state index in [1.807, 2.05) is 19.1 Å². The van der Waals surface area contributed by atoms with Crippen LogP contribution in [0.15, 0.2) is 41.4 Å². The van der Waals surface area contributed by atoms with Gasteiger partial charge in [0.2, 0.25) is 15.9 Å². The van der Waals surface area contributed by atoms with Crippen LogP contribution in [0.25, 0.3) is 0 Å². The minimum absolute atomic E-state index is 0.122. The number of nitrogens with zero attached hydrogens (tertiary/aromatic N) is 2. The zero-order valence-corrected chi connectivity index (χ0v) is 16.9. The monoisotopic (exact) mass is 417 g/mol. The van der Waals surface area contributed by atoms with Gasteiger partial charge in [0.1, 0.15) is 19.0 Å². The van der Waals surface area contributed by atoms with Crippen LogP contribution in [-0.4, -0.2) is 49.9 Å². The van der Waals surface area contributed by atoms with E-state index < -0.39 is 10.0 Å². The van der Waals surface area contributed by atoms with E-state index >= 15 is 0 Å². The lowest BCUT2D eigenvalue weighted by molar-refractivity contribution is -0.120. The molecule has 29 heavy (non-hydrogen) atoms. The number of hydrogen-bond donors (Lipinski definition) is 1. The third-order valence-electron chi connectivity index (χ3n) is 5.23. The number of amides is 1. The molecule has 0 spiro atoms. The first-order chi connectivity index (χ1) is 13.9. The van der Waals surface area contributed by atoms with Gasteiger partial charge in [-0.2, -0.15) is 4.31 Å². The van der Waals surface area contributed by atoms with Crippen molar-refractivity contribution in [2.45, 2.75) is 24.7 Å². The van der Waals surface area contributed by atoms with Gasteiger partial charge >= 0.3 is 0 Å². The fourth-order valence-electron chi connectivity index (χ4n) is 3.53. The van der Waals surface area contributed by atoms with Gasteiger partial charge in [0.15, 0.2) is 11.5 Å². The van der Waals surface area contributed by atoms with E-state index in [0.717, 1.165) is 5.56 Å². The van der Waals surface area contributed by atoms with E-state index in [0.29, 0.717) is 43.4 Å². The van der Waals surface area contributed by atoms with Gasteiger partial charge in [-0.25, -0.2) is 13.4 Å². The summed E-state index contributed by atoms with van der Waals surface area (Å²) >= 11 is 0. The van der Waals surface area contributed by atoms with E-state index in [9.17, 15) is 13.2 Å². The van der Waals surface area contributed by atoms with Crippen LogP contribution in [0, 0.1) is 12.8 Å². The molecule has 3 heterocycles. The zero-order valence-electron chi connectivity index (χ0n) is 16.1. The summed E-state index contributed by atoms with van der Waals surface area (Å²) in [4.78, 5) is 16.9. The van der Waals surface area contributed by atoms with Crippen LogP contribution in [0.4, 0.5) is 5.82 Å². The van der Waals surface area contributed by atoms with Crippen molar-refractivity contribution in [1.29, 1.82) is 0 Å². The summed E-state index contributed by atoms with van der Waals surface area (Å²) < 4.78 is 38.4. The topological polar surface area (TPSA) is 97.8 Å². The third-order valence-corrected chi connectivity index (χ3v) is 7.12. The van der Waals surface area contributed by atoms with Crippen LogP contribution in [0.2, 0.25) is 0 Å². The Morgan fingerprint density at radius 1 is 1.14 bits per heavy atom. The number of piperidine rings is 1. The quantitative estimate of drug-likeness (QED) is 0.819. The standard InChI is InChI=1S/C20H23N3O5S/c1-14-3-2-8-21-19(14)22-20(24)15-6-9-23(10-7-15)29(25,26)16-4-5-17-18(13-16)28-12-11-27-17/h2-5,8,13,15H,6-7,9-12H2,1H3,(H,21,22,24). The second-order valence-corrected chi connectivity index (χ2v) is 9.08. The van der Waals surface area contributed by atoms with Gasteiger partial charge in [-0.05, 0) is 43.5 Å². The molecule has 0 bridgehead atoms. The fourth-order valence-corrected chi connectivity index (χ4v) is 5.01. The van der Waals surface area contributed by atoms with Crippen molar-refractivity contribution in [2.24, 2.45) is 5.92 Å². The molecule has 1 aromatic heterocycles. The molecule has 0 unspecified atom stereocenters. The Hall–Kier alpha value is -2.65. The number of benzene rings is 1. The molecule has 1 amide bonds. The summed E-state index contributed by atoms with van der Waals surface area (Å²) in [5, 5.41) is 2.85. The molecule has 8 nitrogen and oxygen atoms in total. The lowest BCUT2D eigenvalue weighted by atomic mass is 9.97. The number of aryl methyl sites for hydroxylation is 1. The number of sulfonamides is 1. The second-order valence-electron chi connectivity index (χ2n) is 7.14. The molecule has 9 heteroatoms. The van der Waals surface area contributed by atoms with Crippen molar-refractivity contribution >= 4 is 21.7 Å². The van der Waals surface area contributed by atoms with Gasteiger partial charge in [-0.1, -0.05) is 6.07 Å². The van der Waals surface area contributed by atoms with E-state index in [1.54, 1.807) is 12.3 Å². The minimum Gasteiger partial charge on any atom is -0.486 e. The largest absolute Gasteiger partial charge is 0.486 e. The molecule has 1 N–H and O–H groups in total. The van der Waals surface area contributed by atoms with Crippen LogP contribution in [0.3, 0.4) is 0 Å². The van der Waals surface area contributed by atoms with Crippen molar-refractivity contribution in [2.75, 3.05) is 31.6 Å². The maximum absolute atomic E-state index is 13.0. The lowest BCUT2D eigenvalue weighted by Crippen LogP contribution is -2.41. The minimum atomic E-state index is -3.66. The third kappa shape index (κ3) is 4.06. The SMILES string of the molecule is Cc1cccnc1NC(=O)C1CCN(S(=O)(=O)c2ccc3c(c2)OCCO3)CC1. The Labute approximate surface area is 169 Å².